The Morgan fingerprint density at radius 2 is 1.96 bits per heavy atom. The van der Waals surface area contributed by atoms with Crippen LogP contribution in [0, 0.1) is 3.95 Å². The largest absolute Gasteiger partial charge is 0.416 e. The molecule has 0 radical (unpaired) electrons. The summed E-state index contributed by atoms with van der Waals surface area (Å²) in [6.45, 7) is 0. The second-order valence-corrected chi connectivity index (χ2v) is 8.66. The highest BCUT2D eigenvalue weighted by Gasteiger charge is 2.31. The highest BCUT2D eigenvalue weighted by molar-refractivity contribution is 8.01. The van der Waals surface area contributed by atoms with Gasteiger partial charge in [0.15, 0.2) is 8.29 Å². The van der Waals surface area contributed by atoms with E-state index in [0.29, 0.717) is 8.29 Å². The van der Waals surface area contributed by atoms with Crippen molar-refractivity contribution >= 4 is 58.5 Å². The van der Waals surface area contributed by atoms with Crippen LogP contribution in [0.5, 0.6) is 0 Å². The van der Waals surface area contributed by atoms with Gasteiger partial charge in [0.05, 0.1) is 27.7 Å². The molecule has 0 fully saturated rings. The van der Waals surface area contributed by atoms with Crippen molar-refractivity contribution in [1.29, 1.82) is 0 Å². The topological polar surface area (TPSA) is 46.9 Å². The van der Waals surface area contributed by atoms with Crippen LogP contribution in [-0.4, -0.2) is 21.4 Å². The zero-order valence-corrected chi connectivity index (χ0v) is 17.1. The lowest BCUT2D eigenvalue weighted by atomic mass is 10.2. The van der Waals surface area contributed by atoms with Gasteiger partial charge in [-0.1, -0.05) is 52.9 Å². The molecule has 2 aromatic carbocycles. The molecule has 0 spiro atoms. The molecule has 0 aliphatic rings. The maximum atomic E-state index is 12.8. The van der Waals surface area contributed by atoms with Crippen molar-refractivity contribution in [2.24, 2.45) is 0 Å². The van der Waals surface area contributed by atoms with E-state index in [-0.39, 0.29) is 16.5 Å². The standard InChI is InChI=1S/C17H11ClF3N3OS3/c18-12-7-6-10(17(19,20)21)8-13(12)22-14(25)9-27-15-23-24(16(26)28-15)11-4-2-1-3-5-11/h1-8H,9H2,(H,22,25). The third kappa shape index (κ3) is 5.13. The SMILES string of the molecule is O=C(CSc1nn(-c2ccccc2)c(=S)s1)Nc1cc(C(F)(F)F)ccc1Cl. The summed E-state index contributed by atoms with van der Waals surface area (Å²) in [6.07, 6.45) is -4.52. The van der Waals surface area contributed by atoms with Crippen molar-refractivity contribution < 1.29 is 18.0 Å². The molecule has 0 saturated heterocycles. The van der Waals surface area contributed by atoms with Gasteiger partial charge in [0.2, 0.25) is 5.91 Å². The van der Waals surface area contributed by atoms with Gasteiger partial charge in [-0.15, -0.1) is 5.10 Å². The average molecular weight is 462 g/mol. The number of nitrogens with one attached hydrogen (secondary N) is 1. The summed E-state index contributed by atoms with van der Waals surface area (Å²) in [7, 11) is 0. The Morgan fingerprint density at radius 1 is 1.25 bits per heavy atom. The molecular formula is C17H11ClF3N3OS3. The van der Waals surface area contributed by atoms with Crippen LogP contribution in [0.1, 0.15) is 5.56 Å². The highest BCUT2D eigenvalue weighted by atomic mass is 35.5. The Morgan fingerprint density at radius 3 is 2.64 bits per heavy atom. The molecule has 11 heteroatoms. The van der Waals surface area contributed by atoms with Gasteiger partial charge in [-0.3, -0.25) is 4.79 Å². The van der Waals surface area contributed by atoms with Crippen molar-refractivity contribution in [2.45, 2.75) is 10.5 Å². The number of aromatic nitrogens is 2. The van der Waals surface area contributed by atoms with E-state index >= 15 is 0 Å². The number of amides is 1. The van der Waals surface area contributed by atoms with Gasteiger partial charge in [-0.25, -0.2) is 4.68 Å². The van der Waals surface area contributed by atoms with Gasteiger partial charge in [0.1, 0.15) is 0 Å². The molecule has 0 atom stereocenters. The highest BCUT2D eigenvalue weighted by Crippen LogP contribution is 2.34. The summed E-state index contributed by atoms with van der Waals surface area (Å²) in [5.74, 6) is -0.553. The lowest BCUT2D eigenvalue weighted by Crippen LogP contribution is -2.15. The number of carbonyl (C=O) groups excluding carboxylic acids is 1. The van der Waals surface area contributed by atoms with Crippen molar-refractivity contribution in [1.82, 2.24) is 9.78 Å². The van der Waals surface area contributed by atoms with Crippen LogP contribution >= 0.6 is 46.9 Å². The molecule has 3 aromatic rings. The molecule has 1 heterocycles. The van der Waals surface area contributed by atoms with Gasteiger partial charge < -0.3 is 5.32 Å². The lowest BCUT2D eigenvalue weighted by molar-refractivity contribution is -0.137. The molecular weight excluding hydrogens is 451 g/mol. The normalized spacial score (nSPS) is 11.4. The van der Waals surface area contributed by atoms with Gasteiger partial charge in [-0.2, -0.15) is 13.2 Å². The van der Waals surface area contributed by atoms with E-state index in [0.717, 1.165) is 35.6 Å². The van der Waals surface area contributed by atoms with Gasteiger partial charge in [-0.05, 0) is 42.5 Å². The first-order chi connectivity index (χ1) is 13.2. The second kappa shape index (κ2) is 8.64. The molecule has 1 aromatic heterocycles. The number of alkyl halides is 3. The third-order valence-electron chi connectivity index (χ3n) is 3.42. The van der Waals surface area contributed by atoms with E-state index in [1.165, 1.54) is 11.3 Å². The van der Waals surface area contributed by atoms with E-state index in [2.05, 4.69) is 10.4 Å². The maximum absolute atomic E-state index is 12.8. The van der Waals surface area contributed by atoms with Crippen molar-refractivity contribution in [3.8, 4) is 5.69 Å². The number of hydrogen-bond acceptors (Lipinski definition) is 5. The molecule has 0 bridgehead atoms. The Kier molecular flexibility index (Phi) is 6.43. The quantitative estimate of drug-likeness (QED) is 0.370. The number of anilines is 1. The zero-order valence-electron chi connectivity index (χ0n) is 13.9. The molecule has 0 aliphatic carbocycles. The first kappa shape index (κ1) is 20.8. The fraction of sp³-hybridized carbons (Fsp3) is 0.118. The molecule has 28 heavy (non-hydrogen) atoms. The van der Waals surface area contributed by atoms with Crippen LogP contribution in [0.2, 0.25) is 5.02 Å². The first-order valence-corrected chi connectivity index (χ1v) is 10.3. The lowest BCUT2D eigenvalue weighted by Gasteiger charge is -2.11. The smallest absolute Gasteiger partial charge is 0.324 e. The number of halogens is 4. The van der Waals surface area contributed by atoms with E-state index in [9.17, 15) is 18.0 Å². The first-order valence-electron chi connectivity index (χ1n) is 7.69. The summed E-state index contributed by atoms with van der Waals surface area (Å²) < 4.78 is 41.1. The number of nitrogens with zero attached hydrogens (tertiary/aromatic N) is 2. The Labute approximate surface area is 176 Å². The summed E-state index contributed by atoms with van der Waals surface area (Å²) in [4.78, 5) is 12.1. The zero-order chi connectivity index (χ0) is 20.3. The van der Waals surface area contributed by atoms with Gasteiger partial charge in [0.25, 0.3) is 0 Å². The Hall–Kier alpha value is -1.88. The minimum absolute atomic E-state index is 0.0235. The number of hydrogen-bond donors (Lipinski definition) is 1. The minimum atomic E-state index is -4.52. The van der Waals surface area contributed by atoms with Crippen LogP contribution in [0.3, 0.4) is 0 Å². The monoisotopic (exact) mass is 461 g/mol. The van der Waals surface area contributed by atoms with Crippen LogP contribution in [-0.2, 0) is 11.0 Å². The summed E-state index contributed by atoms with van der Waals surface area (Å²) in [6, 6.07) is 12.1. The minimum Gasteiger partial charge on any atom is -0.324 e. The molecule has 0 aliphatic heterocycles. The fourth-order valence-electron chi connectivity index (χ4n) is 2.16. The maximum Gasteiger partial charge on any atom is 0.416 e. The molecule has 4 nitrogen and oxygen atoms in total. The Balaban J connectivity index is 1.66. The molecule has 1 amide bonds. The van der Waals surface area contributed by atoms with E-state index < -0.39 is 17.6 Å². The molecule has 1 N–H and O–H groups in total. The summed E-state index contributed by atoms with van der Waals surface area (Å²) in [5.41, 5.74) is -0.181. The Bertz CT molecular complexity index is 1050. The van der Waals surface area contributed by atoms with Crippen LogP contribution in [0.4, 0.5) is 18.9 Å². The number of rotatable bonds is 5. The van der Waals surface area contributed by atoms with E-state index in [1.54, 1.807) is 4.68 Å². The number of benzene rings is 2. The number of carbonyl (C=O) groups is 1. The predicted octanol–water partition coefficient (Wildman–Crippen LogP) is 6.07. The summed E-state index contributed by atoms with van der Waals surface area (Å²) in [5, 5.41) is 6.78. The number of thioether (sulfide) groups is 1. The van der Waals surface area contributed by atoms with Gasteiger partial charge in [0, 0.05) is 0 Å². The van der Waals surface area contributed by atoms with Crippen LogP contribution < -0.4 is 5.32 Å². The number of para-hydroxylation sites is 1. The molecule has 0 saturated carbocycles. The van der Waals surface area contributed by atoms with Crippen molar-refractivity contribution in [3.05, 3.63) is 63.1 Å². The third-order valence-corrected chi connectivity index (χ3v) is 6.12. The van der Waals surface area contributed by atoms with Crippen LogP contribution in [0.25, 0.3) is 5.69 Å². The second-order valence-electron chi connectivity index (χ2n) is 5.41. The molecule has 146 valence electrons. The van der Waals surface area contributed by atoms with E-state index in [4.69, 9.17) is 23.8 Å². The fourth-order valence-corrected chi connectivity index (χ4v) is 4.49. The van der Waals surface area contributed by atoms with Crippen molar-refractivity contribution in [2.75, 3.05) is 11.1 Å². The van der Waals surface area contributed by atoms with Crippen LogP contribution in [0.15, 0.2) is 52.9 Å². The van der Waals surface area contributed by atoms with Gasteiger partial charge >= 0.3 is 6.18 Å². The van der Waals surface area contributed by atoms with Crippen molar-refractivity contribution in [3.63, 3.8) is 0 Å². The molecule has 3 rings (SSSR count). The predicted molar refractivity (Wildman–Crippen MR) is 108 cm³/mol. The summed E-state index contributed by atoms with van der Waals surface area (Å²) >= 11 is 13.5. The van der Waals surface area contributed by atoms with E-state index in [1.807, 2.05) is 30.3 Å². The average Bonchev–Trinajstić information content (AvgIpc) is 3.02. The molecule has 0 unspecified atom stereocenters.